The molecule has 0 fully saturated rings. The highest BCUT2D eigenvalue weighted by Gasteiger charge is 2.11. The zero-order valence-corrected chi connectivity index (χ0v) is 10.5. The summed E-state index contributed by atoms with van der Waals surface area (Å²) in [5.41, 5.74) is 0.579. The maximum absolute atomic E-state index is 11.9. The topological polar surface area (TPSA) is 62.2 Å². The van der Waals surface area contributed by atoms with Crippen molar-refractivity contribution in [3.8, 4) is 5.75 Å². The summed E-state index contributed by atoms with van der Waals surface area (Å²) in [4.78, 5) is 15.6. The summed E-state index contributed by atoms with van der Waals surface area (Å²) >= 11 is 11.6. The highest BCUT2D eigenvalue weighted by Crippen LogP contribution is 2.23. The van der Waals surface area contributed by atoms with Crippen LogP contribution < -0.4 is 5.32 Å². The number of nitrogens with one attached hydrogen (secondary N) is 1. The summed E-state index contributed by atoms with van der Waals surface area (Å²) in [5, 5.41) is 12.9. The Morgan fingerprint density at radius 1 is 1.22 bits per heavy atom. The Balaban J connectivity index is 2.24. The van der Waals surface area contributed by atoms with Crippen LogP contribution in [0.5, 0.6) is 5.75 Å². The molecule has 1 amide bonds. The highest BCUT2D eigenvalue weighted by molar-refractivity contribution is 6.35. The van der Waals surface area contributed by atoms with Crippen LogP contribution in [0.2, 0.25) is 10.0 Å². The molecule has 0 saturated carbocycles. The third-order valence-corrected chi connectivity index (χ3v) is 2.60. The number of carbonyl (C=O) groups is 1. The van der Waals surface area contributed by atoms with Crippen LogP contribution in [0.1, 0.15) is 10.4 Å². The standard InChI is InChI=1S/C12H8Cl2N2O2/c13-7-3-8(14)5-9(4-7)16-12(18)10-1-2-15-6-11(10)17/h1-6,17H,(H,16,18). The van der Waals surface area contributed by atoms with Gasteiger partial charge in [0.1, 0.15) is 5.75 Å². The number of aromatic hydroxyl groups is 1. The maximum Gasteiger partial charge on any atom is 0.259 e. The summed E-state index contributed by atoms with van der Waals surface area (Å²) in [6.45, 7) is 0. The monoisotopic (exact) mass is 282 g/mol. The Morgan fingerprint density at radius 3 is 2.50 bits per heavy atom. The quantitative estimate of drug-likeness (QED) is 0.888. The molecule has 1 heterocycles. The molecule has 0 unspecified atom stereocenters. The smallest absolute Gasteiger partial charge is 0.259 e. The molecule has 0 atom stereocenters. The number of pyridine rings is 1. The lowest BCUT2D eigenvalue weighted by Crippen LogP contribution is -2.12. The van der Waals surface area contributed by atoms with Gasteiger partial charge in [0, 0.05) is 21.9 Å². The number of hydrogen-bond donors (Lipinski definition) is 2. The van der Waals surface area contributed by atoms with Gasteiger partial charge in [0.05, 0.1) is 11.8 Å². The predicted octanol–water partition coefficient (Wildman–Crippen LogP) is 3.35. The maximum atomic E-state index is 11.9. The molecular formula is C12H8Cl2N2O2. The summed E-state index contributed by atoms with van der Waals surface area (Å²) < 4.78 is 0. The summed E-state index contributed by atoms with van der Waals surface area (Å²) in [7, 11) is 0. The Morgan fingerprint density at radius 2 is 1.89 bits per heavy atom. The molecule has 0 spiro atoms. The van der Waals surface area contributed by atoms with E-state index in [0.717, 1.165) is 0 Å². The summed E-state index contributed by atoms with van der Waals surface area (Å²) in [6, 6.07) is 6.09. The zero-order chi connectivity index (χ0) is 13.1. The fraction of sp³-hybridized carbons (Fsp3) is 0. The van der Waals surface area contributed by atoms with E-state index in [1.54, 1.807) is 18.2 Å². The number of amides is 1. The molecule has 6 heteroatoms. The van der Waals surface area contributed by atoms with Gasteiger partial charge in [-0.05, 0) is 24.3 Å². The fourth-order valence-electron chi connectivity index (χ4n) is 1.40. The number of halogens is 2. The van der Waals surface area contributed by atoms with Crippen molar-refractivity contribution in [3.05, 3.63) is 52.3 Å². The normalized spacial score (nSPS) is 10.1. The lowest BCUT2D eigenvalue weighted by molar-refractivity contribution is 0.102. The van der Waals surface area contributed by atoms with E-state index < -0.39 is 5.91 Å². The summed E-state index contributed by atoms with van der Waals surface area (Å²) in [6.07, 6.45) is 2.61. The van der Waals surface area contributed by atoms with Crippen LogP contribution >= 0.6 is 23.2 Å². The van der Waals surface area contributed by atoms with Crippen LogP contribution in [0.3, 0.4) is 0 Å². The molecule has 92 valence electrons. The van der Waals surface area contributed by atoms with E-state index in [2.05, 4.69) is 10.3 Å². The van der Waals surface area contributed by atoms with Crippen molar-refractivity contribution >= 4 is 34.8 Å². The first-order valence-electron chi connectivity index (χ1n) is 4.96. The third kappa shape index (κ3) is 2.91. The molecule has 0 radical (unpaired) electrons. The average Bonchev–Trinajstić information content (AvgIpc) is 2.27. The number of anilines is 1. The minimum atomic E-state index is -0.465. The van der Waals surface area contributed by atoms with Crippen molar-refractivity contribution in [2.75, 3.05) is 5.32 Å². The van der Waals surface area contributed by atoms with Crippen molar-refractivity contribution in [1.82, 2.24) is 4.98 Å². The van der Waals surface area contributed by atoms with Crippen LogP contribution in [-0.2, 0) is 0 Å². The predicted molar refractivity (Wildman–Crippen MR) is 70.3 cm³/mol. The van der Waals surface area contributed by atoms with E-state index in [9.17, 15) is 9.90 Å². The number of rotatable bonds is 2. The zero-order valence-electron chi connectivity index (χ0n) is 9.02. The van der Waals surface area contributed by atoms with E-state index in [4.69, 9.17) is 23.2 Å². The van der Waals surface area contributed by atoms with Gasteiger partial charge in [-0.2, -0.15) is 0 Å². The van der Waals surface area contributed by atoms with E-state index >= 15 is 0 Å². The van der Waals surface area contributed by atoms with Gasteiger partial charge < -0.3 is 10.4 Å². The Kier molecular flexibility index (Phi) is 3.69. The van der Waals surface area contributed by atoms with Gasteiger partial charge in [0.15, 0.2) is 0 Å². The Labute approximate surface area is 113 Å². The molecule has 4 nitrogen and oxygen atoms in total. The number of benzene rings is 1. The van der Waals surface area contributed by atoms with Crippen molar-refractivity contribution in [2.24, 2.45) is 0 Å². The lowest BCUT2D eigenvalue weighted by Gasteiger charge is -2.07. The van der Waals surface area contributed by atoms with E-state index in [1.807, 2.05) is 0 Å². The molecule has 2 aromatic rings. The van der Waals surface area contributed by atoms with Crippen LogP contribution in [0.25, 0.3) is 0 Å². The van der Waals surface area contributed by atoms with Crippen molar-refractivity contribution in [3.63, 3.8) is 0 Å². The van der Waals surface area contributed by atoms with Crippen molar-refractivity contribution in [2.45, 2.75) is 0 Å². The number of aromatic nitrogens is 1. The van der Waals surface area contributed by atoms with E-state index in [1.165, 1.54) is 18.5 Å². The first kappa shape index (κ1) is 12.7. The van der Waals surface area contributed by atoms with Gasteiger partial charge in [-0.25, -0.2) is 0 Å². The first-order valence-corrected chi connectivity index (χ1v) is 5.72. The van der Waals surface area contributed by atoms with Gasteiger partial charge in [0.2, 0.25) is 0 Å². The highest BCUT2D eigenvalue weighted by atomic mass is 35.5. The van der Waals surface area contributed by atoms with Crippen LogP contribution in [0, 0.1) is 0 Å². The van der Waals surface area contributed by atoms with Gasteiger partial charge in [-0.15, -0.1) is 0 Å². The van der Waals surface area contributed by atoms with Crippen LogP contribution in [-0.4, -0.2) is 16.0 Å². The second-order valence-corrected chi connectivity index (χ2v) is 4.38. The van der Waals surface area contributed by atoms with Crippen LogP contribution in [0.15, 0.2) is 36.7 Å². The van der Waals surface area contributed by atoms with Gasteiger partial charge >= 0.3 is 0 Å². The Bertz CT molecular complexity index is 582. The van der Waals surface area contributed by atoms with E-state index in [0.29, 0.717) is 15.7 Å². The largest absolute Gasteiger partial charge is 0.505 e. The third-order valence-electron chi connectivity index (χ3n) is 2.17. The molecule has 0 saturated heterocycles. The van der Waals surface area contributed by atoms with Crippen LogP contribution in [0.4, 0.5) is 5.69 Å². The molecular weight excluding hydrogens is 275 g/mol. The number of carbonyl (C=O) groups excluding carboxylic acids is 1. The SMILES string of the molecule is O=C(Nc1cc(Cl)cc(Cl)c1)c1ccncc1O. The second kappa shape index (κ2) is 5.25. The number of hydrogen-bond acceptors (Lipinski definition) is 3. The number of nitrogens with zero attached hydrogens (tertiary/aromatic N) is 1. The van der Waals surface area contributed by atoms with Gasteiger partial charge in [-0.1, -0.05) is 23.2 Å². The van der Waals surface area contributed by atoms with Gasteiger partial charge in [-0.3, -0.25) is 9.78 Å². The summed E-state index contributed by atoms with van der Waals surface area (Å²) in [5.74, 6) is -0.656. The second-order valence-electron chi connectivity index (χ2n) is 3.51. The Hall–Kier alpha value is -1.78. The molecule has 0 aliphatic carbocycles. The molecule has 2 N–H and O–H groups in total. The lowest BCUT2D eigenvalue weighted by atomic mass is 10.2. The molecule has 0 aliphatic heterocycles. The minimum Gasteiger partial charge on any atom is -0.505 e. The van der Waals surface area contributed by atoms with E-state index in [-0.39, 0.29) is 11.3 Å². The molecule has 0 aliphatic rings. The van der Waals surface area contributed by atoms with Crippen molar-refractivity contribution < 1.29 is 9.90 Å². The molecule has 1 aromatic heterocycles. The molecule has 2 rings (SSSR count). The molecule has 18 heavy (non-hydrogen) atoms. The minimum absolute atomic E-state index is 0.126. The fourth-order valence-corrected chi connectivity index (χ4v) is 1.93. The first-order chi connectivity index (χ1) is 8.56. The average molecular weight is 283 g/mol. The van der Waals surface area contributed by atoms with Crippen molar-refractivity contribution in [1.29, 1.82) is 0 Å². The molecule has 0 bridgehead atoms. The van der Waals surface area contributed by atoms with Gasteiger partial charge in [0.25, 0.3) is 5.91 Å². The molecule has 1 aromatic carbocycles.